The smallest absolute Gasteiger partial charge is 0.252 e. The Morgan fingerprint density at radius 2 is 1.90 bits per heavy atom. The lowest BCUT2D eigenvalue weighted by atomic mass is 10.1. The molecule has 2 N–H and O–H groups in total. The van der Waals surface area contributed by atoms with Crippen molar-refractivity contribution in [3.8, 4) is 11.5 Å². The summed E-state index contributed by atoms with van der Waals surface area (Å²) in [5, 5.41) is 4.14. The summed E-state index contributed by atoms with van der Waals surface area (Å²) in [7, 11) is 0. The third kappa shape index (κ3) is 5.70. The quantitative estimate of drug-likeness (QED) is 0.434. The average Bonchev–Trinajstić information content (AvgIpc) is 2.69. The summed E-state index contributed by atoms with van der Waals surface area (Å²) < 4.78 is 11.8. The highest BCUT2D eigenvalue weighted by molar-refractivity contribution is 5.81. The highest BCUT2D eigenvalue weighted by Crippen LogP contribution is 2.29. The Bertz CT molecular complexity index is 1110. The molecule has 0 radical (unpaired) electrons. The molecule has 30 heavy (non-hydrogen) atoms. The number of hydrogen-bond donors (Lipinski definition) is 2. The molecular weight excluding hydrogens is 380 g/mol. The maximum absolute atomic E-state index is 11.5. The summed E-state index contributed by atoms with van der Waals surface area (Å²) in [6, 6.07) is 13.4. The van der Waals surface area contributed by atoms with E-state index in [9.17, 15) is 4.79 Å². The van der Waals surface area contributed by atoms with Crippen molar-refractivity contribution >= 4 is 12.2 Å². The number of rotatable bonds is 8. The number of benzene rings is 2. The van der Waals surface area contributed by atoms with Crippen LogP contribution in [-0.2, 0) is 6.61 Å². The van der Waals surface area contributed by atoms with Gasteiger partial charge in [0.05, 0.1) is 12.8 Å². The monoisotopic (exact) mass is 406 g/mol. The zero-order valence-corrected chi connectivity index (χ0v) is 17.7. The molecule has 0 aliphatic heterocycles. The molecule has 0 fully saturated rings. The van der Waals surface area contributed by atoms with Gasteiger partial charge in [0, 0.05) is 11.8 Å². The molecule has 3 aromatic rings. The van der Waals surface area contributed by atoms with E-state index in [1.807, 2.05) is 25.1 Å². The predicted octanol–water partition coefficient (Wildman–Crippen LogP) is 4.12. The molecule has 3 rings (SSSR count). The normalized spacial score (nSPS) is 10.9. The molecule has 0 saturated heterocycles. The number of nitrogens with zero attached hydrogens (tertiary/aromatic N) is 2. The van der Waals surface area contributed by atoms with Crippen molar-refractivity contribution < 1.29 is 9.47 Å². The second-order valence-electron chi connectivity index (χ2n) is 6.96. The van der Waals surface area contributed by atoms with Gasteiger partial charge in [-0.15, -0.1) is 0 Å². The van der Waals surface area contributed by atoms with Crippen LogP contribution in [0, 0.1) is 20.8 Å². The van der Waals surface area contributed by atoms with Crippen LogP contribution in [0.1, 0.15) is 34.9 Å². The van der Waals surface area contributed by atoms with Gasteiger partial charge in [0.2, 0.25) is 5.95 Å². The molecule has 2 aromatic carbocycles. The van der Waals surface area contributed by atoms with E-state index in [0.29, 0.717) is 30.4 Å². The van der Waals surface area contributed by atoms with Crippen molar-refractivity contribution in [3.05, 3.63) is 80.8 Å². The molecule has 156 valence electrons. The Hall–Kier alpha value is -3.61. The number of nitrogens with one attached hydrogen (secondary N) is 2. The average molecular weight is 406 g/mol. The summed E-state index contributed by atoms with van der Waals surface area (Å²) in [6.45, 7) is 8.80. The van der Waals surface area contributed by atoms with Crippen molar-refractivity contribution in [1.82, 2.24) is 9.97 Å². The van der Waals surface area contributed by atoms with Gasteiger partial charge in [-0.25, -0.2) is 10.4 Å². The van der Waals surface area contributed by atoms with E-state index in [1.54, 1.807) is 13.1 Å². The topological polar surface area (TPSA) is 88.6 Å². The van der Waals surface area contributed by atoms with E-state index in [4.69, 9.17) is 9.47 Å². The third-order valence-electron chi connectivity index (χ3n) is 4.41. The largest absolute Gasteiger partial charge is 0.490 e. The van der Waals surface area contributed by atoms with Gasteiger partial charge in [0.1, 0.15) is 6.61 Å². The van der Waals surface area contributed by atoms with Crippen LogP contribution >= 0.6 is 0 Å². The Labute approximate surface area is 175 Å². The molecule has 0 saturated carbocycles. The molecule has 0 amide bonds. The van der Waals surface area contributed by atoms with Gasteiger partial charge in [-0.3, -0.25) is 9.78 Å². The third-order valence-corrected chi connectivity index (χ3v) is 4.41. The molecule has 0 atom stereocenters. The van der Waals surface area contributed by atoms with Crippen LogP contribution in [0.15, 0.2) is 52.4 Å². The van der Waals surface area contributed by atoms with Crippen molar-refractivity contribution in [2.75, 3.05) is 12.0 Å². The van der Waals surface area contributed by atoms with Crippen LogP contribution in [0.25, 0.3) is 0 Å². The highest BCUT2D eigenvalue weighted by atomic mass is 16.5. The van der Waals surface area contributed by atoms with Crippen LogP contribution in [0.3, 0.4) is 0 Å². The lowest BCUT2D eigenvalue weighted by Gasteiger charge is -2.14. The SMILES string of the molecule is CCOc1cc(/C=N\Nc2nc(C)cc(=O)[nH]2)ccc1OCc1cc(C)ccc1C. The molecule has 0 unspecified atom stereocenters. The molecule has 0 aliphatic carbocycles. The van der Waals surface area contributed by atoms with E-state index in [1.165, 1.54) is 17.2 Å². The number of aromatic amines is 1. The first-order chi connectivity index (χ1) is 14.4. The molecule has 7 heteroatoms. The maximum atomic E-state index is 11.5. The summed E-state index contributed by atoms with van der Waals surface area (Å²) in [4.78, 5) is 18.2. The minimum absolute atomic E-state index is 0.232. The van der Waals surface area contributed by atoms with E-state index in [-0.39, 0.29) is 11.5 Å². The lowest BCUT2D eigenvalue weighted by Crippen LogP contribution is -2.10. The number of anilines is 1. The maximum Gasteiger partial charge on any atom is 0.252 e. The summed E-state index contributed by atoms with van der Waals surface area (Å²) in [5.74, 6) is 1.61. The molecular formula is C23H26N4O3. The van der Waals surface area contributed by atoms with Crippen LogP contribution in [0.5, 0.6) is 11.5 Å². The molecule has 0 bridgehead atoms. The number of H-pyrrole nitrogens is 1. The van der Waals surface area contributed by atoms with Crippen molar-refractivity contribution in [3.63, 3.8) is 0 Å². The van der Waals surface area contributed by atoms with Gasteiger partial charge in [0.15, 0.2) is 11.5 Å². The molecule has 1 aromatic heterocycles. The van der Waals surface area contributed by atoms with Gasteiger partial charge in [-0.05, 0) is 62.6 Å². The standard InChI is InChI=1S/C23H26N4O3/c1-5-29-21-12-18(13-24-27-23-25-17(4)11-22(28)26-23)8-9-20(21)30-14-19-10-15(2)6-7-16(19)3/h6-13H,5,14H2,1-4H3,(H2,25,26,27,28)/b24-13-. The van der Waals surface area contributed by atoms with E-state index in [0.717, 1.165) is 11.1 Å². The second-order valence-corrected chi connectivity index (χ2v) is 6.96. The Balaban J connectivity index is 1.72. The lowest BCUT2D eigenvalue weighted by molar-refractivity contribution is 0.269. The van der Waals surface area contributed by atoms with Gasteiger partial charge < -0.3 is 9.47 Å². The molecule has 0 aliphatic rings. The van der Waals surface area contributed by atoms with Crippen molar-refractivity contribution in [2.24, 2.45) is 5.10 Å². The Kier molecular flexibility index (Phi) is 6.85. The Morgan fingerprint density at radius 1 is 1.07 bits per heavy atom. The van der Waals surface area contributed by atoms with Gasteiger partial charge in [0.25, 0.3) is 5.56 Å². The fourth-order valence-corrected chi connectivity index (χ4v) is 2.90. The van der Waals surface area contributed by atoms with Gasteiger partial charge in [-0.2, -0.15) is 5.10 Å². The van der Waals surface area contributed by atoms with Crippen molar-refractivity contribution in [2.45, 2.75) is 34.3 Å². The predicted molar refractivity (Wildman–Crippen MR) is 119 cm³/mol. The number of aryl methyl sites for hydroxylation is 3. The summed E-state index contributed by atoms with van der Waals surface area (Å²) >= 11 is 0. The van der Waals surface area contributed by atoms with E-state index in [2.05, 4.69) is 52.5 Å². The number of ether oxygens (including phenoxy) is 2. The number of hydrazone groups is 1. The van der Waals surface area contributed by atoms with E-state index < -0.39 is 0 Å². The molecule has 1 heterocycles. The van der Waals surface area contributed by atoms with Crippen LogP contribution in [0.4, 0.5) is 5.95 Å². The first-order valence-electron chi connectivity index (χ1n) is 9.77. The van der Waals surface area contributed by atoms with Crippen LogP contribution in [-0.4, -0.2) is 22.8 Å². The summed E-state index contributed by atoms with van der Waals surface area (Å²) in [6.07, 6.45) is 1.62. The number of hydrogen-bond acceptors (Lipinski definition) is 6. The zero-order valence-electron chi connectivity index (χ0n) is 17.7. The highest BCUT2D eigenvalue weighted by Gasteiger charge is 2.08. The second kappa shape index (κ2) is 9.73. The molecule has 7 nitrogen and oxygen atoms in total. The molecule has 0 spiro atoms. The minimum atomic E-state index is -0.232. The zero-order chi connectivity index (χ0) is 21.5. The first kappa shape index (κ1) is 21.1. The van der Waals surface area contributed by atoms with Crippen LogP contribution in [0.2, 0.25) is 0 Å². The van der Waals surface area contributed by atoms with Crippen LogP contribution < -0.4 is 20.5 Å². The summed E-state index contributed by atoms with van der Waals surface area (Å²) in [5.41, 5.74) is 7.47. The van der Waals surface area contributed by atoms with Gasteiger partial charge in [-0.1, -0.05) is 23.8 Å². The fraction of sp³-hybridized carbons (Fsp3) is 0.261. The van der Waals surface area contributed by atoms with Gasteiger partial charge >= 0.3 is 0 Å². The number of aromatic nitrogens is 2. The fourth-order valence-electron chi connectivity index (χ4n) is 2.90. The van der Waals surface area contributed by atoms with Crippen molar-refractivity contribution in [1.29, 1.82) is 0 Å². The first-order valence-corrected chi connectivity index (χ1v) is 9.77. The minimum Gasteiger partial charge on any atom is -0.490 e. The Morgan fingerprint density at radius 3 is 2.67 bits per heavy atom. The van der Waals surface area contributed by atoms with E-state index >= 15 is 0 Å².